The van der Waals surface area contributed by atoms with Crippen LogP contribution in [0.4, 0.5) is 0 Å². The average molecular weight is 334 g/mol. The van der Waals surface area contributed by atoms with E-state index in [1.165, 1.54) is 14.2 Å². The van der Waals surface area contributed by atoms with Crippen LogP contribution in [0.15, 0.2) is 12.1 Å². The lowest BCUT2D eigenvalue weighted by molar-refractivity contribution is 0.130. The number of hydrogen-bond acceptors (Lipinski definition) is 5. The van der Waals surface area contributed by atoms with Crippen molar-refractivity contribution >= 4 is 12.4 Å². The zero-order valence-electron chi connectivity index (χ0n) is 14.2. The Hall–Kier alpha value is -1.17. The number of benzene rings is 1. The van der Waals surface area contributed by atoms with E-state index in [0.29, 0.717) is 29.2 Å². The molecule has 0 heterocycles. The lowest BCUT2D eigenvalue weighted by Gasteiger charge is -2.29. The zero-order valence-corrected chi connectivity index (χ0v) is 15.0. The first-order valence-electron chi connectivity index (χ1n) is 6.98. The first-order chi connectivity index (χ1) is 9.76. The van der Waals surface area contributed by atoms with Gasteiger partial charge in [-0.25, -0.2) is 0 Å². The van der Waals surface area contributed by atoms with Gasteiger partial charge in [-0.05, 0) is 24.0 Å². The summed E-state index contributed by atoms with van der Waals surface area (Å²) in [6.07, 6.45) is -0.288. The minimum absolute atomic E-state index is 0. The van der Waals surface area contributed by atoms with Crippen LogP contribution in [0.5, 0.6) is 17.2 Å². The summed E-state index contributed by atoms with van der Waals surface area (Å²) in [5, 5.41) is 10.5. The SMILES string of the molecule is COc1ccc([C@H](O)C[C@@H](N)C(C)(C)C)c(OC)c1OC.Cl. The van der Waals surface area contributed by atoms with Crippen LogP contribution >= 0.6 is 12.4 Å². The lowest BCUT2D eigenvalue weighted by atomic mass is 9.83. The first kappa shape index (κ1) is 20.8. The summed E-state index contributed by atoms with van der Waals surface area (Å²) >= 11 is 0. The van der Waals surface area contributed by atoms with Gasteiger partial charge in [0.1, 0.15) is 0 Å². The maximum absolute atomic E-state index is 10.5. The molecule has 0 aliphatic heterocycles. The Morgan fingerprint density at radius 2 is 1.59 bits per heavy atom. The van der Waals surface area contributed by atoms with E-state index in [0.717, 1.165) is 0 Å². The average Bonchev–Trinajstić information content (AvgIpc) is 2.43. The molecule has 0 saturated heterocycles. The van der Waals surface area contributed by atoms with E-state index in [1.807, 2.05) is 0 Å². The lowest BCUT2D eigenvalue weighted by Crippen LogP contribution is -2.36. The Balaban J connectivity index is 0.00000441. The molecule has 0 saturated carbocycles. The highest BCUT2D eigenvalue weighted by atomic mass is 35.5. The van der Waals surface area contributed by atoms with Gasteiger partial charge in [0.05, 0.1) is 27.4 Å². The molecular weight excluding hydrogens is 306 g/mol. The highest BCUT2D eigenvalue weighted by Gasteiger charge is 2.27. The van der Waals surface area contributed by atoms with Crippen molar-refractivity contribution in [3.05, 3.63) is 17.7 Å². The summed E-state index contributed by atoms with van der Waals surface area (Å²) in [5.74, 6) is 1.51. The molecule has 5 nitrogen and oxygen atoms in total. The highest BCUT2D eigenvalue weighted by molar-refractivity contribution is 5.85. The maximum Gasteiger partial charge on any atom is 0.203 e. The van der Waals surface area contributed by atoms with Gasteiger partial charge in [0.25, 0.3) is 0 Å². The fraction of sp³-hybridized carbons (Fsp3) is 0.625. The van der Waals surface area contributed by atoms with Crippen LogP contribution in [-0.4, -0.2) is 32.5 Å². The quantitative estimate of drug-likeness (QED) is 0.837. The third kappa shape index (κ3) is 4.66. The van der Waals surface area contributed by atoms with Crippen molar-refractivity contribution in [2.24, 2.45) is 11.1 Å². The normalized spacial score (nSPS) is 13.8. The molecule has 0 bridgehead atoms. The number of aliphatic hydroxyl groups excluding tert-OH is 1. The molecule has 0 amide bonds. The van der Waals surface area contributed by atoms with Gasteiger partial charge in [0.2, 0.25) is 5.75 Å². The summed E-state index contributed by atoms with van der Waals surface area (Å²) in [5.41, 5.74) is 6.72. The van der Waals surface area contributed by atoms with Crippen molar-refractivity contribution in [1.29, 1.82) is 0 Å². The van der Waals surface area contributed by atoms with Gasteiger partial charge >= 0.3 is 0 Å². The van der Waals surface area contributed by atoms with Crippen LogP contribution in [-0.2, 0) is 0 Å². The second-order valence-electron chi connectivity index (χ2n) is 6.15. The Morgan fingerprint density at radius 1 is 1.05 bits per heavy atom. The number of methoxy groups -OCH3 is 3. The highest BCUT2D eigenvalue weighted by Crippen LogP contribution is 2.43. The molecule has 0 fully saturated rings. The summed E-state index contributed by atoms with van der Waals surface area (Å²) in [6.45, 7) is 6.16. The Bertz CT molecular complexity index is 474. The molecule has 1 rings (SSSR count). The van der Waals surface area contributed by atoms with E-state index in [1.54, 1.807) is 19.2 Å². The van der Waals surface area contributed by atoms with Crippen LogP contribution in [0.2, 0.25) is 0 Å². The zero-order chi connectivity index (χ0) is 16.2. The molecular formula is C16H28ClNO4. The molecule has 0 spiro atoms. The minimum Gasteiger partial charge on any atom is -0.493 e. The van der Waals surface area contributed by atoms with E-state index in [4.69, 9.17) is 19.9 Å². The molecule has 1 aromatic carbocycles. The molecule has 3 N–H and O–H groups in total. The number of halogens is 1. The van der Waals surface area contributed by atoms with E-state index in [2.05, 4.69) is 20.8 Å². The number of ether oxygens (including phenoxy) is 3. The Labute approximate surface area is 139 Å². The predicted molar refractivity (Wildman–Crippen MR) is 90.4 cm³/mol. The second-order valence-corrected chi connectivity index (χ2v) is 6.15. The third-order valence-corrected chi connectivity index (χ3v) is 3.68. The van der Waals surface area contributed by atoms with Gasteiger partial charge in [0.15, 0.2) is 11.5 Å². The number of hydrogen-bond donors (Lipinski definition) is 2. The van der Waals surface area contributed by atoms with E-state index >= 15 is 0 Å². The number of rotatable bonds is 6. The molecule has 0 unspecified atom stereocenters. The number of aliphatic hydroxyl groups is 1. The van der Waals surface area contributed by atoms with Crippen molar-refractivity contribution in [1.82, 2.24) is 0 Å². The molecule has 2 atom stereocenters. The molecule has 0 aliphatic rings. The summed E-state index contributed by atoms with van der Waals surface area (Å²) < 4.78 is 16.0. The number of nitrogens with two attached hydrogens (primary N) is 1. The van der Waals surface area contributed by atoms with Crippen LogP contribution in [0.3, 0.4) is 0 Å². The summed E-state index contributed by atoms with van der Waals surface area (Å²) in [6, 6.07) is 3.40. The predicted octanol–water partition coefficient (Wildman–Crippen LogP) is 2.93. The van der Waals surface area contributed by atoms with E-state index in [-0.39, 0.29) is 23.9 Å². The fourth-order valence-corrected chi connectivity index (χ4v) is 2.11. The molecule has 22 heavy (non-hydrogen) atoms. The molecule has 1 aromatic rings. The van der Waals surface area contributed by atoms with Gasteiger partial charge in [-0.3, -0.25) is 0 Å². The van der Waals surface area contributed by atoms with Crippen LogP contribution in [0.1, 0.15) is 38.9 Å². The molecule has 0 aliphatic carbocycles. The second kappa shape index (κ2) is 8.46. The Morgan fingerprint density at radius 3 is 2.00 bits per heavy atom. The topological polar surface area (TPSA) is 73.9 Å². The van der Waals surface area contributed by atoms with Gasteiger partial charge in [-0.1, -0.05) is 20.8 Å². The first-order valence-corrected chi connectivity index (χ1v) is 6.98. The van der Waals surface area contributed by atoms with Crippen LogP contribution < -0.4 is 19.9 Å². The van der Waals surface area contributed by atoms with Crippen molar-refractivity contribution in [3.63, 3.8) is 0 Å². The molecule has 128 valence electrons. The van der Waals surface area contributed by atoms with Crippen molar-refractivity contribution < 1.29 is 19.3 Å². The van der Waals surface area contributed by atoms with Crippen molar-refractivity contribution in [2.45, 2.75) is 39.3 Å². The van der Waals surface area contributed by atoms with Gasteiger partial charge in [-0.2, -0.15) is 0 Å². The third-order valence-electron chi connectivity index (χ3n) is 3.68. The standard InChI is InChI=1S/C16H27NO4.ClH/c1-16(2,3)13(17)9-11(18)10-7-8-12(19-4)15(21-6)14(10)20-5;/h7-8,11,13,18H,9,17H2,1-6H3;1H/t11-,13-;/m1./s1. The fourth-order valence-electron chi connectivity index (χ4n) is 2.11. The van der Waals surface area contributed by atoms with E-state index < -0.39 is 6.10 Å². The van der Waals surface area contributed by atoms with E-state index in [9.17, 15) is 5.11 Å². The van der Waals surface area contributed by atoms with Crippen LogP contribution in [0.25, 0.3) is 0 Å². The van der Waals surface area contributed by atoms with Crippen LogP contribution in [0, 0.1) is 5.41 Å². The monoisotopic (exact) mass is 333 g/mol. The van der Waals surface area contributed by atoms with Gasteiger partial charge < -0.3 is 25.1 Å². The smallest absolute Gasteiger partial charge is 0.203 e. The van der Waals surface area contributed by atoms with Crippen molar-refractivity contribution in [2.75, 3.05) is 21.3 Å². The maximum atomic E-state index is 10.5. The molecule has 6 heteroatoms. The Kier molecular flexibility index (Phi) is 8.01. The van der Waals surface area contributed by atoms with Gasteiger partial charge in [0, 0.05) is 11.6 Å². The summed E-state index contributed by atoms with van der Waals surface area (Å²) in [7, 11) is 4.64. The summed E-state index contributed by atoms with van der Waals surface area (Å²) in [4.78, 5) is 0. The molecule has 0 radical (unpaired) electrons. The largest absolute Gasteiger partial charge is 0.493 e. The minimum atomic E-state index is -0.728. The van der Waals surface area contributed by atoms with Crippen molar-refractivity contribution in [3.8, 4) is 17.2 Å². The van der Waals surface area contributed by atoms with Gasteiger partial charge in [-0.15, -0.1) is 12.4 Å². The molecule has 0 aromatic heterocycles.